The number of pyridine rings is 1. The van der Waals surface area contributed by atoms with Gasteiger partial charge in [-0.1, -0.05) is 18.2 Å². The van der Waals surface area contributed by atoms with Crippen molar-refractivity contribution in [2.75, 3.05) is 19.7 Å². The van der Waals surface area contributed by atoms with E-state index in [1.54, 1.807) is 6.92 Å². The summed E-state index contributed by atoms with van der Waals surface area (Å²) in [5.74, 6) is -0.529. The van der Waals surface area contributed by atoms with Crippen molar-refractivity contribution in [1.29, 1.82) is 0 Å². The summed E-state index contributed by atoms with van der Waals surface area (Å²) in [6.07, 6.45) is -0.684. The molecule has 1 aliphatic rings. The summed E-state index contributed by atoms with van der Waals surface area (Å²) in [5.41, 5.74) is 2.41. The van der Waals surface area contributed by atoms with Crippen LogP contribution in [0.1, 0.15) is 18.2 Å². The number of aromatic nitrogens is 1. The van der Waals surface area contributed by atoms with Gasteiger partial charge in [-0.15, -0.1) is 0 Å². The number of hydrogen-bond acceptors (Lipinski definition) is 8. The number of aryl methyl sites for hydroxylation is 1. The van der Waals surface area contributed by atoms with E-state index in [4.69, 9.17) is 14.7 Å². The number of nitrogens with one attached hydrogen (secondary N) is 2. The number of amides is 2. The molecule has 1 saturated heterocycles. The number of para-hydroxylation sites is 1. The van der Waals surface area contributed by atoms with E-state index in [1.165, 1.54) is 29.7 Å². The zero-order valence-corrected chi connectivity index (χ0v) is 20.5. The summed E-state index contributed by atoms with van der Waals surface area (Å²) < 4.78 is 39.0. The Hall–Kier alpha value is -3.74. The van der Waals surface area contributed by atoms with Crippen LogP contribution in [0.15, 0.2) is 59.5 Å². The Kier molecular flexibility index (Phi) is 7.11. The van der Waals surface area contributed by atoms with Crippen LogP contribution in [0.5, 0.6) is 5.75 Å². The molecule has 36 heavy (non-hydrogen) atoms. The fraction of sp³-hybridized carbons (Fsp3) is 0.292. The van der Waals surface area contributed by atoms with Gasteiger partial charge < -0.3 is 14.4 Å². The van der Waals surface area contributed by atoms with Gasteiger partial charge in [0, 0.05) is 16.6 Å². The number of fused-ring (bicyclic) bond motifs is 1. The zero-order chi connectivity index (χ0) is 25.9. The minimum absolute atomic E-state index is 0.111. The van der Waals surface area contributed by atoms with Gasteiger partial charge in [-0.2, -0.15) is 4.72 Å². The lowest BCUT2D eigenvalue weighted by atomic mass is 9.91. The fourth-order valence-electron chi connectivity index (χ4n) is 4.02. The van der Waals surface area contributed by atoms with Crippen molar-refractivity contribution >= 4 is 32.9 Å². The normalized spacial score (nSPS) is 14.7. The molecule has 2 amide bonds. The fourth-order valence-corrected chi connectivity index (χ4v) is 5.37. The Morgan fingerprint density at radius 1 is 1.14 bits per heavy atom. The molecule has 0 bridgehead atoms. The van der Waals surface area contributed by atoms with Crippen molar-refractivity contribution in [3.05, 3.63) is 65.9 Å². The molecule has 2 heterocycles. The highest BCUT2D eigenvalue weighted by Gasteiger charge is 2.54. The van der Waals surface area contributed by atoms with Gasteiger partial charge in [0.2, 0.25) is 10.0 Å². The molecule has 2 aromatic carbocycles. The van der Waals surface area contributed by atoms with Crippen LogP contribution in [0.3, 0.4) is 0 Å². The van der Waals surface area contributed by atoms with E-state index in [9.17, 15) is 18.0 Å². The number of sulfonamides is 1. The Labute approximate surface area is 208 Å². The topological polar surface area (TPSA) is 147 Å². The number of carbonyl (C=O) groups is 2. The third-order valence-corrected chi connectivity index (χ3v) is 7.32. The van der Waals surface area contributed by atoms with E-state index >= 15 is 0 Å². The number of nitrogens with zero attached hydrogens (tertiary/aromatic N) is 2. The smallest absolute Gasteiger partial charge is 0.409 e. The molecule has 3 aromatic rings. The molecular formula is C24H26N4O7S. The minimum atomic E-state index is -4.18. The molecule has 0 aliphatic carbocycles. The van der Waals surface area contributed by atoms with Gasteiger partial charge in [0.05, 0.1) is 30.1 Å². The highest BCUT2D eigenvalue weighted by Crippen LogP contribution is 2.26. The molecule has 0 saturated carbocycles. The zero-order valence-electron chi connectivity index (χ0n) is 19.7. The predicted molar refractivity (Wildman–Crippen MR) is 129 cm³/mol. The lowest BCUT2D eigenvalue weighted by Crippen LogP contribution is -2.76. The molecule has 0 unspecified atom stereocenters. The Balaban J connectivity index is 1.46. The third kappa shape index (κ3) is 5.10. The molecule has 12 heteroatoms. The van der Waals surface area contributed by atoms with Gasteiger partial charge >= 0.3 is 6.09 Å². The molecule has 190 valence electrons. The van der Waals surface area contributed by atoms with Gasteiger partial charge in [0.25, 0.3) is 5.91 Å². The standard InChI is InChI=1S/C24H26N4O7S/c1-3-34-23(30)28-14-24(15-28,22(29)26-31)27-36(32,33)19-10-8-18(9-11-19)35-13-17-12-16(2)25-21-7-5-4-6-20(17)21/h4-12,27,31H,3,13-15H2,1-2H3,(H,26,29). The van der Waals surface area contributed by atoms with E-state index in [1.807, 2.05) is 37.3 Å². The second kappa shape index (κ2) is 10.1. The van der Waals surface area contributed by atoms with E-state index in [0.717, 1.165) is 27.1 Å². The maximum Gasteiger partial charge on any atom is 0.409 e. The van der Waals surface area contributed by atoms with Crippen LogP contribution in [0.2, 0.25) is 0 Å². The average Bonchev–Trinajstić information content (AvgIpc) is 2.84. The van der Waals surface area contributed by atoms with Crippen LogP contribution in [-0.2, 0) is 26.2 Å². The summed E-state index contributed by atoms with van der Waals surface area (Å²) in [5, 5.41) is 10.1. The van der Waals surface area contributed by atoms with Crippen LogP contribution in [0.4, 0.5) is 4.79 Å². The van der Waals surface area contributed by atoms with E-state index in [-0.39, 0.29) is 31.2 Å². The van der Waals surface area contributed by atoms with Crippen molar-refractivity contribution < 1.29 is 32.7 Å². The molecule has 3 N–H and O–H groups in total. The number of ether oxygens (including phenoxy) is 2. The average molecular weight is 515 g/mol. The molecule has 11 nitrogen and oxygen atoms in total. The van der Waals surface area contributed by atoms with Crippen LogP contribution in [-0.4, -0.2) is 60.7 Å². The lowest BCUT2D eigenvalue weighted by molar-refractivity contribution is -0.141. The summed E-state index contributed by atoms with van der Waals surface area (Å²) in [6.45, 7) is 3.33. The maximum absolute atomic E-state index is 13.0. The number of hydroxylamine groups is 1. The van der Waals surface area contributed by atoms with Crippen molar-refractivity contribution in [2.45, 2.75) is 30.9 Å². The summed E-state index contributed by atoms with van der Waals surface area (Å²) in [7, 11) is -4.18. The quantitative estimate of drug-likeness (QED) is 0.306. The van der Waals surface area contributed by atoms with E-state index in [0.29, 0.717) is 5.75 Å². The number of carbonyl (C=O) groups excluding carboxylic acids is 2. The largest absolute Gasteiger partial charge is 0.489 e. The first-order chi connectivity index (χ1) is 17.2. The molecule has 1 aliphatic heterocycles. The lowest BCUT2D eigenvalue weighted by Gasteiger charge is -2.47. The van der Waals surface area contributed by atoms with Crippen molar-refractivity contribution in [3.8, 4) is 5.75 Å². The highest BCUT2D eigenvalue weighted by atomic mass is 32.2. The van der Waals surface area contributed by atoms with Crippen LogP contribution >= 0.6 is 0 Å². The van der Waals surface area contributed by atoms with Gasteiger partial charge in [-0.3, -0.25) is 15.0 Å². The number of rotatable bonds is 8. The molecule has 4 rings (SSSR count). The van der Waals surface area contributed by atoms with Crippen LogP contribution in [0, 0.1) is 6.92 Å². The molecule has 1 fully saturated rings. The Morgan fingerprint density at radius 2 is 1.83 bits per heavy atom. The van der Waals surface area contributed by atoms with Crippen LogP contribution < -0.4 is 14.9 Å². The number of likely N-dealkylation sites (tertiary alicyclic amines) is 1. The van der Waals surface area contributed by atoms with E-state index < -0.39 is 27.6 Å². The second-order valence-electron chi connectivity index (χ2n) is 8.38. The van der Waals surface area contributed by atoms with Gasteiger partial charge in [0.15, 0.2) is 0 Å². The van der Waals surface area contributed by atoms with Crippen molar-refractivity contribution in [1.82, 2.24) is 20.1 Å². The monoisotopic (exact) mass is 514 g/mol. The highest BCUT2D eigenvalue weighted by molar-refractivity contribution is 7.89. The summed E-state index contributed by atoms with van der Waals surface area (Å²) in [4.78, 5) is 29.7. The molecule has 1 aromatic heterocycles. The molecule has 0 radical (unpaired) electrons. The van der Waals surface area contributed by atoms with E-state index in [2.05, 4.69) is 9.71 Å². The Bertz CT molecular complexity index is 1390. The first-order valence-electron chi connectivity index (χ1n) is 11.2. The summed E-state index contributed by atoms with van der Waals surface area (Å²) in [6, 6.07) is 15.4. The van der Waals surface area contributed by atoms with Gasteiger partial charge in [-0.25, -0.2) is 18.7 Å². The molecular weight excluding hydrogens is 488 g/mol. The van der Waals surface area contributed by atoms with Gasteiger partial charge in [-0.05, 0) is 50.2 Å². The second-order valence-corrected chi connectivity index (χ2v) is 10.1. The predicted octanol–water partition coefficient (Wildman–Crippen LogP) is 2.12. The van der Waals surface area contributed by atoms with Crippen molar-refractivity contribution in [2.24, 2.45) is 0 Å². The van der Waals surface area contributed by atoms with Crippen LogP contribution in [0.25, 0.3) is 10.9 Å². The summed E-state index contributed by atoms with van der Waals surface area (Å²) >= 11 is 0. The molecule has 0 spiro atoms. The molecule has 0 atom stereocenters. The first kappa shape index (κ1) is 25.4. The Morgan fingerprint density at radius 3 is 2.50 bits per heavy atom. The minimum Gasteiger partial charge on any atom is -0.489 e. The third-order valence-electron chi connectivity index (χ3n) is 5.77. The first-order valence-corrected chi connectivity index (χ1v) is 12.6. The number of benzene rings is 2. The van der Waals surface area contributed by atoms with Gasteiger partial charge in [0.1, 0.15) is 17.9 Å². The van der Waals surface area contributed by atoms with Crippen molar-refractivity contribution in [3.63, 3.8) is 0 Å². The SMILES string of the molecule is CCOC(=O)N1CC(NS(=O)(=O)c2ccc(OCc3cc(C)nc4ccccc34)cc2)(C(=O)NO)C1. The number of hydrogen-bond donors (Lipinski definition) is 3. The maximum atomic E-state index is 13.0.